The van der Waals surface area contributed by atoms with Crippen molar-refractivity contribution in [2.45, 2.75) is 13.8 Å². The van der Waals surface area contributed by atoms with Gasteiger partial charge >= 0.3 is 0 Å². The number of aryl methyl sites for hydroxylation is 1. The number of benzene rings is 1. The van der Waals surface area contributed by atoms with Crippen LogP contribution in [0.2, 0.25) is 0 Å². The van der Waals surface area contributed by atoms with Crippen LogP contribution in [0.3, 0.4) is 0 Å². The molecule has 2 aromatic rings. The Bertz CT molecular complexity index is 611. The zero-order valence-corrected chi connectivity index (χ0v) is 12.2. The third kappa shape index (κ3) is 2.98. The molecule has 0 saturated heterocycles. The minimum Gasteiger partial charge on any atom is -0.393 e. The maximum atomic E-state index is 5.66. The number of anilines is 1. The molecule has 1 heterocycles. The maximum Gasteiger partial charge on any atom is 0.150 e. The number of nitrogens with zero attached hydrogens (tertiary/aromatic N) is 3. The highest BCUT2D eigenvalue weighted by molar-refractivity contribution is 7.80. The Morgan fingerprint density at radius 3 is 2.47 bits per heavy atom. The molecule has 2 rings (SSSR count). The number of hydrogen-bond acceptors (Lipinski definition) is 4. The number of para-hydroxylation sites is 2. The molecular formula is C14H18N4S. The highest BCUT2D eigenvalue weighted by Crippen LogP contribution is 2.19. The van der Waals surface area contributed by atoms with Crippen LogP contribution < -0.4 is 10.6 Å². The number of nitrogens with two attached hydrogens (primary N) is 1. The van der Waals surface area contributed by atoms with E-state index in [2.05, 4.69) is 14.9 Å². The molecule has 0 radical (unpaired) electrons. The molecule has 0 spiro atoms. The van der Waals surface area contributed by atoms with Gasteiger partial charge in [-0.3, -0.25) is 0 Å². The Labute approximate surface area is 118 Å². The summed E-state index contributed by atoms with van der Waals surface area (Å²) in [6, 6.07) is 7.87. The summed E-state index contributed by atoms with van der Waals surface area (Å²) in [5, 5.41) is 0. The van der Waals surface area contributed by atoms with Crippen LogP contribution in [0, 0.1) is 12.8 Å². The second-order valence-electron chi connectivity index (χ2n) is 4.81. The summed E-state index contributed by atoms with van der Waals surface area (Å²) in [7, 11) is 1.99. The van der Waals surface area contributed by atoms with E-state index in [-0.39, 0.29) is 5.92 Å². The molecule has 1 atom stereocenters. The molecule has 0 aliphatic rings. The molecule has 5 heteroatoms. The summed E-state index contributed by atoms with van der Waals surface area (Å²) in [5.74, 6) is 1.02. The second-order valence-corrected chi connectivity index (χ2v) is 5.28. The maximum absolute atomic E-state index is 5.66. The van der Waals surface area contributed by atoms with Gasteiger partial charge in [0.05, 0.1) is 21.7 Å². The van der Waals surface area contributed by atoms with E-state index in [1.807, 2.05) is 45.2 Å². The standard InChI is InChI=1S/C14H18N4S/c1-9(13(15)19)8-18(3)14-10(2)16-11-6-4-5-7-12(11)17-14/h4-7,9H,8H2,1-3H3,(H2,15,19). The van der Waals surface area contributed by atoms with Crippen LogP contribution in [0.4, 0.5) is 5.82 Å². The van der Waals surface area contributed by atoms with Gasteiger partial charge in [0.25, 0.3) is 0 Å². The Hall–Kier alpha value is -1.75. The van der Waals surface area contributed by atoms with Crippen molar-refractivity contribution in [1.82, 2.24) is 9.97 Å². The number of fused-ring (bicyclic) bond motifs is 1. The number of thiocarbonyl (C=S) groups is 1. The van der Waals surface area contributed by atoms with Crippen LogP contribution in [0.5, 0.6) is 0 Å². The van der Waals surface area contributed by atoms with E-state index in [1.165, 1.54) is 0 Å². The normalized spacial score (nSPS) is 12.4. The number of hydrogen-bond donors (Lipinski definition) is 1. The predicted octanol–water partition coefficient (Wildman–Crippen LogP) is 2.30. The molecule has 0 aliphatic heterocycles. The first-order valence-electron chi connectivity index (χ1n) is 6.23. The van der Waals surface area contributed by atoms with E-state index in [1.54, 1.807) is 0 Å². The quantitative estimate of drug-likeness (QED) is 0.867. The van der Waals surface area contributed by atoms with Gasteiger partial charge < -0.3 is 10.6 Å². The molecule has 0 fully saturated rings. The topological polar surface area (TPSA) is 55.0 Å². The van der Waals surface area contributed by atoms with Gasteiger partial charge in [-0.05, 0) is 19.1 Å². The lowest BCUT2D eigenvalue weighted by atomic mass is 10.1. The molecule has 1 aromatic carbocycles. The average molecular weight is 274 g/mol. The average Bonchev–Trinajstić information content (AvgIpc) is 2.37. The van der Waals surface area contributed by atoms with Gasteiger partial charge in [-0.2, -0.15) is 0 Å². The Balaban J connectivity index is 2.33. The lowest BCUT2D eigenvalue weighted by molar-refractivity contribution is 0.732. The Kier molecular flexibility index (Phi) is 3.95. The van der Waals surface area contributed by atoms with E-state index in [0.717, 1.165) is 29.1 Å². The SMILES string of the molecule is Cc1nc2ccccc2nc1N(C)CC(C)C(N)=S. The summed E-state index contributed by atoms with van der Waals surface area (Å²) in [4.78, 5) is 11.8. The van der Waals surface area contributed by atoms with E-state index >= 15 is 0 Å². The van der Waals surface area contributed by atoms with E-state index in [4.69, 9.17) is 18.0 Å². The van der Waals surface area contributed by atoms with Crippen LogP contribution in [0.1, 0.15) is 12.6 Å². The van der Waals surface area contributed by atoms with Gasteiger partial charge in [-0.1, -0.05) is 31.3 Å². The lowest BCUT2D eigenvalue weighted by Crippen LogP contribution is -2.32. The highest BCUT2D eigenvalue weighted by atomic mass is 32.1. The summed E-state index contributed by atoms with van der Waals surface area (Å²) in [5.41, 5.74) is 8.39. The fourth-order valence-electron chi connectivity index (χ4n) is 2.03. The molecule has 2 N–H and O–H groups in total. The first-order valence-corrected chi connectivity index (χ1v) is 6.63. The molecule has 19 heavy (non-hydrogen) atoms. The lowest BCUT2D eigenvalue weighted by Gasteiger charge is -2.23. The summed E-state index contributed by atoms with van der Waals surface area (Å²) < 4.78 is 0. The van der Waals surface area contributed by atoms with Gasteiger partial charge in [0.2, 0.25) is 0 Å². The van der Waals surface area contributed by atoms with Crippen LogP contribution in [0.15, 0.2) is 24.3 Å². The van der Waals surface area contributed by atoms with E-state index in [9.17, 15) is 0 Å². The van der Waals surface area contributed by atoms with Gasteiger partial charge in [0.1, 0.15) is 0 Å². The fourth-order valence-corrected chi connectivity index (χ4v) is 2.10. The smallest absolute Gasteiger partial charge is 0.150 e. The van der Waals surface area contributed by atoms with Gasteiger partial charge in [0.15, 0.2) is 5.82 Å². The molecular weight excluding hydrogens is 256 g/mol. The molecule has 1 aromatic heterocycles. The zero-order valence-electron chi connectivity index (χ0n) is 11.4. The Morgan fingerprint density at radius 2 is 1.89 bits per heavy atom. The molecule has 1 unspecified atom stereocenters. The third-order valence-electron chi connectivity index (χ3n) is 3.11. The zero-order chi connectivity index (χ0) is 14.0. The predicted molar refractivity (Wildman–Crippen MR) is 83.5 cm³/mol. The van der Waals surface area contributed by atoms with Gasteiger partial charge in [0, 0.05) is 19.5 Å². The summed E-state index contributed by atoms with van der Waals surface area (Å²) >= 11 is 5.01. The van der Waals surface area contributed by atoms with E-state index in [0.29, 0.717) is 4.99 Å². The van der Waals surface area contributed by atoms with Gasteiger partial charge in [-0.15, -0.1) is 0 Å². The Morgan fingerprint density at radius 1 is 1.32 bits per heavy atom. The van der Waals surface area contributed by atoms with Crippen molar-refractivity contribution in [1.29, 1.82) is 0 Å². The summed E-state index contributed by atoms with van der Waals surface area (Å²) in [6.45, 7) is 4.72. The molecule has 0 amide bonds. The summed E-state index contributed by atoms with van der Waals surface area (Å²) in [6.07, 6.45) is 0. The van der Waals surface area contributed by atoms with Crippen molar-refractivity contribution in [3.05, 3.63) is 30.0 Å². The van der Waals surface area contributed by atoms with E-state index < -0.39 is 0 Å². The number of rotatable bonds is 4. The van der Waals surface area contributed by atoms with Crippen molar-refractivity contribution >= 4 is 34.1 Å². The van der Waals surface area contributed by atoms with Gasteiger partial charge in [-0.25, -0.2) is 9.97 Å². The van der Waals surface area contributed by atoms with Crippen molar-refractivity contribution < 1.29 is 0 Å². The molecule has 0 saturated carbocycles. The van der Waals surface area contributed by atoms with Crippen LogP contribution in [0.25, 0.3) is 11.0 Å². The highest BCUT2D eigenvalue weighted by Gasteiger charge is 2.14. The number of aromatic nitrogens is 2. The minimum absolute atomic E-state index is 0.146. The monoisotopic (exact) mass is 274 g/mol. The van der Waals surface area contributed by atoms with Crippen molar-refractivity contribution in [3.63, 3.8) is 0 Å². The van der Waals surface area contributed by atoms with Crippen molar-refractivity contribution in [2.75, 3.05) is 18.5 Å². The van der Waals surface area contributed by atoms with Crippen molar-refractivity contribution in [2.24, 2.45) is 11.7 Å². The second kappa shape index (κ2) is 5.48. The van der Waals surface area contributed by atoms with Crippen LogP contribution in [-0.4, -0.2) is 28.5 Å². The fraction of sp³-hybridized carbons (Fsp3) is 0.357. The first-order chi connectivity index (χ1) is 8.99. The molecule has 4 nitrogen and oxygen atoms in total. The van der Waals surface area contributed by atoms with Crippen molar-refractivity contribution in [3.8, 4) is 0 Å². The minimum atomic E-state index is 0.146. The third-order valence-corrected chi connectivity index (χ3v) is 3.52. The van der Waals surface area contributed by atoms with Crippen LogP contribution in [-0.2, 0) is 0 Å². The van der Waals surface area contributed by atoms with Crippen LogP contribution >= 0.6 is 12.2 Å². The first kappa shape index (κ1) is 13.7. The molecule has 0 bridgehead atoms. The largest absolute Gasteiger partial charge is 0.393 e. The molecule has 0 aliphatic carbocycles. The molecule has 100 valence electrons.